The number of aromatic nitrogens is 2. The van der Waals surface area contributed by atoms with E-state index in [2.05, 4.69) is 20.0 Å². The maximum absolute atomic E-state index is 14.6. The van der Waals surface area contributed by atoms with Crippen LogP contribution in [0.4, 0.5) is 19.8 Å². The summed E-state index contributed by atoms with van der Waals surface area (Å²) in [5.74, 6) is -1.19. The number of ether oxygens (including phenoxy) is 2. The lowest BCUT2D eigenvalue weighted by molar-refractivity contribution is 0.0111. The van der Waals surface area contributed by atoms with E-state index >= 15 is 0 Å². The van der Waals surface area contributed by atoms with E-state index in [9.17, 15) is 19.1 Å². The molecule has 2 aromatic rings. The lowest BCUT2D eigenvalue weighted by atomic mass is 10.0. The Bertz CT molecular complexity index is 865. The number of hydrogen-bond donors (Lipinski definition) is 2. The van der Waals surface area contributed by atoms with Gasteiger partial charge in [0.25, 0.3) is 0 Å². The fourth-order valence-corrected chi connectivity index (χ4v) is 2.12. The molecule has 0 aliphatic rings. The number of amides is 1. The molecular weight excluding hydrogens is 357 g/mol. The van der Waals surface area contributed by atoms with Crippen molar-refractivity contribution < 1.29 is 28.6 Å². The highest BCUT2D eigenvalue weighted by atomic mass is 19.1. The minimum Gasteiger partial charge on any atom is -0.506 e. The van der Waals surface area contributed by atoms with Crippen molar-refractivity contribution in [2.45, 2.75) is 39.7 Å². The quantitative estimate of drug-likeness (QED) is 0.620. The third-order valence-electron chi connectivity index (χ3n) is 3.43. The van der Waals surface area contributed by atoms with Crippen LogP contribution in [0.2, 0.25) is 0 Å². The number of hydrogen-bond acceptors (Lipinski definition) is 7. The van der Waals surface area contributed by atoms with Crippen molar-refractivity contribution in [2.24, 2.45) is 0 Å². The largest absolute Gasteiger partial charge is 0.517 e. The van der Waals surface area contributed by atoms with Gasteiger partial charge in [0.15, 0.2) is 11.6 Å². The number of halogens is 1. The molecule has 0 saturated heterocycles. The van der Waals surface area contributed by atoms with Crippen LogP contribution < -0.4 is 5.32 Å². The predicted molar refractivity (Wildman–Crippen MR) is 94.0 cm³/mol. The van der Waals surface area contributed by atoms with Crippen LogP contribution in [0.5, 0.6) is 5.75 Å². The van der Waals surface area contributed by atoms with Crippen LogP contribution in [-0.4, -0.2) is 32.9 Å². The van der Waals surface area contributed by atoms with Crippen molar-refractivity contribution in [3.8, 4) is 5.75 Å². The molecule has 2 rings (SSSR count). The molecular formula is C18H20FN3O5. The molecule has 144 valence electrons. The molecule has 1 amide bonds. The van der Waals surface area contributed by atoms with Gasteiger partial charge < -0.3 is 14.6 Å². The van der Waals surface area contributed by atoms with Crippen LogP contribution in [0.15, 0.2) is 24.7 Å². The zero-order valence-corrected chi connectivity index (χ0v) is 15.4. The Hall–Kier alpha value is -3.23. The summed E-state index contributed by atoms with van der Waals surface area (Å²) < 4.78 is 23.9. The smallest absolute Gasteiger partial charge is 0.506 e. The Kier molecular flexibility index (Phi) is 5.94. The summed E-state index contributed by atoms with van der Waals surface area (Å²) in [4.78, 5) is 30.8. The average molecular weight is 377 g/mol. The molecule has 8 nitrogen and oxygen atoms in total. The van der Waals surface area contributed by atoms with E-state index in [1.165, 1.54) is 24.7 Å². The van der Waals surface area contributed by atoms with Crippen LogP contribution in [-0.2, 0) is 15.9 Å². The first-order valence-electron chi connectivity index (χ1n) is 8.04. The third kappa shape index (κ3) is 5.63. The topological polar surface area (TPSA) is 111 Å². The van der Waals surface area contributed by atoms with E-state index in [0.29, 0.717) is 11.1 Å². The second kappa shape index (κ2) is 7.98. The molecule has 9 heteroatoms. The third-order valence-corrected chi connectivity index (χ3v) is 3.43. The van der Waals surface area contributed by atoms with Gasteiger partial charge in [-0.25, -0.2) is 19.0 Å². The van der Waals surface area contributed by atoms with E-state index in [1.54, 1.807) is 27.7 Å². The molecule has 27 heavy (non-hydrogen) atoms. The summed E-state index contributed by atoms with van der Waals surface area (Å²) in [5.41, 5.74) is 0.559. The molecule has 0 fully saturated rings. The molecule has 2 aromatic heterocycles. The van der Waals surface area contributed by atoms with Crippen molar-refractivity contribution in [2.75, 3.05) is 5.32 Å². The van der Waals surface area contributed by atoms with Crippen molar-refractivity contribution in [3.63, 3.8) is 0 Å². The number of nitrogens with zero attached hydrogens (tertiary/aromatic N) is 2. The second-order valence-corrected chi connectivity index (χ2v) is 6.73. The van der Waals surface area contributed by atoms with E-state index < -0.39 is 29.5 Å². The molecule has 2 heterocycles. The summed E-state index contributed by atoms with van der Waals surface area (Å²) in [5, 5.41) is 11.8. The number of carbonyl (C=O) groups excluding carboxylic acids is 2. The van der Waals surface area contributed by atoms with Gasteiger partial charge >= 0.3 is 12.2 Å². The molecule has 0 spiro atoms. The molecule has 0 aromatic carbocycles. The lowest BCUT2D eigenvalue weighted by Crippen LogP contribution is -2.28. The van der Waals surface area contributed by atoms with Crippen LogP contribution in [0.1, 0.15) is 37.5 Å². The molecule has 0 aliphatic heterocycles. The van der Waals surface area contributed by atoms with E-state index in [-0.39, 0.29) is 17.7 Å². The SMILES string of the molecule is Cc1c(O)cncc1Cc1ccnc(NC(=O)OC(=O)OC(C)(C)C)c1F. The summed E-state index contributed by atoms with van der Waals surface area (Å²) in [6.07, 6.45) is 1.80. The van der Waals surface area contributed by atoms with Gasteiger partial charge in [-0.1, -0.05) is 0 Å². The average Bonchev–Trinajstić information content (AvgIpc) is 2.53. The number of pyridine rings is 2. The zero-order valence-electron chi connectivity index (χ0n) is 15.4. The van der Waals surface area contributed by atoms with Gasteiger partial charge in [-0.15, -0.1) is 0 Å². The molecule has 0 atom stereocenters. The van der Waals surface area contributed by atoms with Gasteiger partial charge in [0.05, 0.1) is 6.20 Å². The predicted octanol–water partition coefficient (Wildman–Crippen LogP) is 3.70. The fraction of sp³-hybridized carbons (Fsp3) is 0.333. The minimum absolute atomic E-state index is 0.00116. The summed E-state index contributed by atoms with van der Waals surface area (Å²) in [6.45, 7) is 6.50. The van der Waals surface area contributed by atoms with Crippen LogP contribution in [0.3, 0.4) is 0 Å². The maximum atomic E-state index is 14.6. The highest BCUT2D eigenvalue weighted by Crippen LogP contribution is 2.23. The van der Waals surface area contributed by atoms with Crippen molar-refractivity contribution in [1.82, 2.24) is 9.97 Å². The van der Waals surface area contributed by atoms with E-state index in [0.717, 1.165) is 0 Å². The first-order chi connectivity index (χ1) is 12.6. The van der Waals surface area contributed by atoms with Crippen molar-refractivity contribution in [3.05, 3.63) is 47.2 Å². The summed E-state index contributed by atoms with van der Waals surface area (Å²) in [6, 6.07) is 1.43. The number of anilines is 1. The van der Waals surface area contributed by atoms with Gasteiger partial charge in [0.1, 0.15) is 11.4 Å². The fourth-order valence-electron chi connectivity index (χ4n) is 2.12. The van der Waals surface area contributed by atoms with E-state index in [4.69, 9.17) is 4.74 Å². The van der Waals surface area contributed by atoms with E-state index in [1.807, 2.05) is 0 Å². The Morgan fingerprint density at radius 1 is 1.26 bits per heavy atom. The van der Waals surface area contributed by atoms with Gasteiger partial charge in [-0.3, -0.25) is 10.3 Å². The molecule has 2 N–H and O–H groups in total. The Balaban J connectivity index is 2.11. The number of nitrogens with one attached hydrogen (secondary N) is 1. The Morgan fingerprint density at radius 3 is 2.63 bits per heavy atom. The molecule has 0 saturated carbocycles. The van der Waals surface area contributed by atoms with Crippen molar-refractivity contribution >= 4 is 18.1 Å². The number of aromatic hydroxyl groups is 1. The van der Waals surface area contributed by atoms with Crippen LogP contribution in [0, 0.1) is 12.7 Å². The van der Waals surface area contributed by atoms with Crippen molar-refractivity contribution in [1.29, 1.82) is 0 Å². The number of carbonyl (C=O) groups is 2. The van der Waals surface area contributed by atoms with Gasteiger partial charge in [0.2, 0.25) is 0 Å². The Labute approximate surface area is 155 Å². The van der Waals surface area contributed by atoms with Gasteiger partial charge in [-0.2, -0.15) is 0 Å². The highest BCUT2D eigenvalue weighted by Gasteiger charge is 2.22. The van der Waals surface area contributed by atoms with Gasteiger partial charge in [-0.05, 0) is 50.5 Å². The Morgan fingerprint density at radius 2 is 1.96 bits per heavy atom. The highest BCUT2D eigenvalue weighted by molar-refractivity contribution is 5.90. The molecule has 0 bridgehead atoms. The first kappa shape index (κ1) is 20.1. The molecule has 0 unspecified atom stereocenters. The lowest BCUT2D eigenvalue weighted by Gasteiger charge is -2.18. The zero-order chi connectivity index (χ0) is 20.2. The maximum Gasteiger partial charge on any atom is 0.517 e. The first-order valence-corrected chi connectivity index (χ1v) is 8.04. The van der Waals surface area contributed by atoms with Crippen LogP contribution in [0.25, 0.3) is 0 Å². The normalized spacial score (nSPS) is 11.0. The standard InChI is InChI=1S/C18H20FN3O5/c1-10-12(8-20-9-13(10)23)7-11-5-6-21-15(14(11)19)22-16(24)26-17(25)27-18(2,3)4/h5-6,8-9,23H,7H2,1-4H3,(H,21,22,24). The molecule has 0 radical (unpaired) electrons. The van der Waals surface area contributed by atoms with Crippen LogP contribution >= 0.6 is 0 Å². The van der Waals surface area contributed by atoms with Gasteiger partial charge in [0, 0.05) is 18.8 Å². The minimum atomic E-state index is -1.22. The summed E-state index contributed by atoms with van der Waals surface area (Å²) >= 11 is 0. The molecule has 0 aliphatic carbocycles. The monoisotopic (exact) mass is 377 g/mol. The summed E-state index contributed by atoms with van der Waals surface area (Å²) in [7, 11) is 0. The number of rotatable bonds is 3. The second-order valence-electron chi connectivity index (χ2n) is 6.73.